The molecule has 0 unspecified atom stereocenters. The van der Waals surface area contributed by atoms with E-state index in [0.29, 0.717) is 6.42 Å². The molecule has 0 bridgehead atoms. The van der Waals surface area contributed by atoms with Crippen LogP contribution in [0, 0.1) is 0 Å². The van der Waals surface area contributed by atoms with Gasteiger partial charge in [-0.25, -0.2) is 0 Å². The number of carbonyl (C=O) groups excluding carboxylic acids is 1. The summed E-state index contributed by atoms with van der Waals surface area (Å²) in [6, 6.07) is 4.31. The molecular weight excluding hydrogens is 224 g/mol. The molecule has 0 radical (unpaired) electrons. The van der Waals surface area contributed by atoms with Gasteiger partial charge in [0.2, 0.25) is 0 Å². The summed E-state index contributed by atoms with van der Waals surface area (Å²) in [5.74, 6) is 0.655. The highest BCUT2D eigenvalue weighted by Gasteiger charge is 2.31. The Balaban J connectivity index is 2.66. The molecule has 0 spiro atoms. The maximum absolute atomic E-state index is 11.5. The largest absolute Gasteiger partial charge is 0.426 e. The lowest BCUT2D eigenvalue weighted by Crippen LogP contribution is -2.17. The Labute approximate surface area is 109 Å². The van der Waals surface area contributed by atoms with Crippen molar-refractivity contribution in [3.05, 3.63) is 28.8 Å². The Bertz CT molecular complexity index is 499. The summed E-state index contributed by atoms with van der Waals surface area (Å²) in [5.41, 5.74) is 3.51. The molecule has 0 N–H and O–H groups in total. The number of hydrogen-bond donors (Lipinski definition) is 0. The Kier molecular flexibility index (Phi) is 2.80. The fraction of sp³-hybridized carbons (Fsp3) is 0.562. The van der Waals surface area contributed by atoms with E-state index in [4.69, 9.17) is 4.74 Å². The maximum Gasteiger partial charge on any atom is 0.315 e. The van der Waals surface area contributed by atoms with Gasteiger partial charge in [0, 0.05) is 11.1 Å². The van der Waals surface area contributed by atoms with Crippen molar-refractivity contribution >= 4 is 5.97 Å². The second kappa shape index (κ2) is 3.84. The SMILES string of the molecule is CC(C)(C)c1cc2c(c(C(C)(C)C)c1)OC(=O)C2. The van der Waals surface area contributed by atoms with Gasteiger partial charge in [0.25, 0.3) is 0 Å². The van der Waals surface area contributed by atoms with Gasteiger partial charge in [0.1, 0.15) is 5.75 Å². The van der Waals surface area contributed by atoms with Crippen LogP contribution in [0.4, 0.5) is 0 Å². The fourth-order valence-corrected chi connectivity index (χ4v) is 2.24. The number of ether oxygens (including phenoxy) is 1. The highest BCUT2D eigenvalue weighted by molar-refractivity contribution is 5.82. The lowest BCUT2D eigenvalue weighted by atomic mass is 9.79. The zero-order chi connectivity index (χ0) is 13.7. The number of carbonyl (C=O) groups is 1. The molecule has 1 heterocycles. The van der Waals surface area contributed by atoms with Gasteiger partial charge in [-0.05, 0) is 16.4 Å². The summed E-state index contributed by atoms with van der Waals surface area (Å²) in [6.45, 7) is 13.0. The lowest BCUT2D eigenvalue weighted by Gasteiger charge is -2.26. The first kappa shape index (κ1) is 13.1. The van der Waals surface area contributed by atoms with Crippen molar-refractivity contribution < 1.29 is 9.53 Å². The van der Waals surface area contributed by atoms with Crippen LogP contribution in [-0.2, 0) is 22.0 Å². The number of rotatable bonds is 0. The molecule has 2 nitrogen and oxygen atoms in total. The first-order valence-electron chi connectivity index (χ1n) is 6.47. The van der Waals surface area contributed by atoms with Gasteiger partial charge in [-0.15, -0.1) is 0 Å². The molecule has 18 heavy (non-hydrogen) atoms. The Morgan fingerprint density at radius 1 is 1.00 bits per heavy atom. The molecule has 0 aliphatic carbocycles. The average molecular weight is 246 g/mol. The molecule has 1 aliphatic heterocycles. The molecule has 0 saturated carbocycles. The van der Waals surface area contributed by atoms with E-state index in [0.717, 1.165) is 16.9 Å². The van der Waals surface area contributed by atoms with Crippen molar-refractivity contribution in [2.24, 2.45) is 0 Å². The van der Waals surface area contributed by atoms with E-state index >= 15 is 0 Å². The van der Waals surface area contributed by atoms with Crippen LogP contribution in [0.3, 0.4) is 0 Å². The standard InChI is InChI=1S/C16H22O2/c1-15(2,3)11-7-10-8-13(17)18-14(10)12(9-11)16(4,5)6/h7,9H,8H2,1-6H3. The van der Waals surface area contributed by atoms with E-state index in [2.05, 4.69) is 53.7 Å². The van der Waals surface area contributed by atoms with Gasteiger partial charge in [-0.3, -0.25) is 4.79 Å². The average Bonchev–Trinajstić information content (AvgIpc) is 2.52. The smallest absolute Gasteiger partial charge is 0.315 e. The molecule has 1 aromatic rings. The molecule has 1 aliphatic rings. The molecule has 0 fully saturated rings. The third-order valence-electron chi connectivity index (χ3n) is 3.39. The van der Waals surface area contributed by atoms with E-state index in [1.54, 1.807) is 0 Å². The number of benzene rings is 1. The minimum Gasteiger partial charge on any atom is -0.426 e. The lowest BCUT2D eigenvalue weighted by molar-refractivity contribution is -0.131. The predicted molar refractivity (Wildman–Crippen MR) is 73.2 cm³/mol. The van der Waals surface area contributed by atoms with Crippen molar-refractivity contribution in [3.63, 3.8) is 0 Å². The normalized spacial score (nSPS) is 15.6. The van der Waals surface area contributed by atoms with Gasteiger partial charge in [-0.1, -0.05) is 53.7 Å². The minimum absolute atomic E-state index is 0.0179. The van der Waals surface area contributed by atoms with E-state index in [-0.39, 0.29) is 16.8 Å². The molecule has 1 aromatic carbocycles. The molecule has 98 valence electrons. The van der Waals surface area contributed by atoms with Gasteiger partial charge < -0.3 is 4.74 Å². The van der Waals surface area contributed by atoms with Crippen molar-refractivity contribution in [3.8, 4) is 5.75 Å². The quantitative estimate of drug-likeness (QED) is 0.515. The Morgan fingerprint density at radius 3 is 2.11 bits per heavy atom. The third-order valence-corrected chi connectivity index (χ3v) is 3.39. The van der Waals surface area contributed by atoms with E-state index in [9.17, 15) is 4.79 Å². The van der Waals surface area contributed by atoms with Gasteiger partial charge in [-0.2, -0.15) is 0 Å². The van der Waals surface area contributed by atoms with Crippen LogP contribution in [0.2, 0.25) is 0 Å². The molecule has 2 heteroatoms. The predicted octanol–water partition coefficient (Wildman–Crippen LogP) is 3.74. The number of hydrogen-bond acceptors (Lipinski definition) is 2. The van der Waals surface area contributed by atoms with Gasteiger partial charge >= 0.3 is 5.97 Å². The van der Waals surface area contributed by atoms with Crippen LogP contribution in [0.5, 0.6) is 5.75 Å². The van der Waals surface area contributed by atoms with Crippen molar-refractivity contribution in [1.82, 2.24) is 0 Å². The van der Waals surface area contributed by atoms with Crippen molar-refractivity contribution in [1.29, 1.82) is 0 Å². The molecule has 0 atom stereocenters. The summed E-state index contributed by atoms with van der Waals surface area (Å²) in [6.07, 6.45) is 0.405. The molecule has 0 aromatic heterocycles. The fourth-order valence-electron chi connectivity index (χ4n) is 2.24. The summed E-state index contributed by atoms with van der Waals surface area (Å²) >= 11 is 0. The highest BCUT2D eigenvalue weighted by Crippen LogP contribution is 2.41. The van der Waals surface area contributed by atoms with Crippen LogP contribution in [0.15, 0.2) is 12.1 Å². The van der Waals surface area contributed by atoms with E-state index < -0.39 is 0 Å². The molecule has 0 saturated heterocycles. The van der Waals surface area contributed by atoms with Crippen LogP contribution < -0.4 is 4.74 Å². The third kappa shape index (κ3) is 2.29. The van der Waals surface area contributed by atoms with E-state index in [1.807, 2.05) is 0 Å². The Hall–Kier alpha value is -1.31. The van der Waals surface area contributed by atoms with Crippen LogP contribution in [-0.4, -0.2) is 5.97 Å². The number of esters is 1. The van der Waals surface area contributed by atoms with Crippen molar-refractivity contribution in [2.75, 3.05) is 0 Å². The molecule has 0 amide bonds. The van der Waals surface area contributed by atoms with Crippen LogP contribution >= 0.6 is 0 Å². The monoisotopic (exact) mass is 246 g/mol. The second-order valence-electron chi connectivity index (χ2n) is 7.16. The molecular formula is C16H22O2. The number of fused-ring (bicyclic) bond motifs is 1. The summed E-state index contributed by atoms with van der Waals surface area (Å²) < 4.78 is 5.39. The minimum atomic E-state index is -0.137. The first-order chi connectivity index (χ1) is 8.09. The Morgan fingerprint density at radius 2 is 1.61 bits per heavy atom. The molecule has 2 rings (SSSR count). The zero-order valence-corrected chi connectivity index (χ0v) is 12.2. The van der Waals surface area contributed by atoms with Crippen LogP contribution in [0.1, 0.15) is 58.2 Å². The van der Waals surface area contributed by atoms with E-state index in [1.165, 1.54) is 5.56 Å². The van der Waals surface area contributed by atoms with Crippen LogP contribution in [0.25, 0.3) is 0 Å². The first-order valence-corrected chi connectivity index (χ1v) is 6.47. The van der Waals surface area contributed by atoms with Crippen molar-refractivity contribution in [2.45, 2.75) is 58.8 Å². The highest BCUT2D eigenvalue weighted by atomic mass is 16.5. The summed E-state index contributed by atoms with van der Waals surface area (Å²) in [4.78, 5) is 11.5. The topological polar surface area (TPSA) is 26.3 Å². The summed E-state index contributed by atoms with van der Waals surface area (Å²) in [7, 11) is 0. The second-order valence-corrected chi connectivity index (χ2v) is 7.16. The van der Waals surface area contributed by atoms with Gasteiger partial charge in [0.15, 0.2) is 0 Å². The van der Waals surface area contributed by atoms with Gasteiger partial charge in [0.05, 0.1) is 6.42 Å². The zero-order valence-electron chi connectivity index (χ0n) is 12.2. The summed E-state index contributed by atoms with van der Waals surface area (Å²) in [5, 5.41) is 0. The maximum atomic E-state index is 11.5.